The average Bonchev–Trinajstić information content (AvgIpc) is 3.27. The Labute approximate surface area is 188 Å². The molecule has 1 aromatic heterocycles. The third kappa shape index (κ3) is 4.70. The lowest BCUT2D eigenvalue weighted by molar-refractivity contribution is -0.120. The molecule has 1 saturated heterocycles. The highest BCUT2D eigenvalue weighted by Gasteiger charge is 2.33. The molecule has 1 fully saturated rings. The zero-order valence-corrected chi connectivity index (χ0v) is 17.7. The van der Waals surface area contributed by atoms with Crippen LogP contribution in [0.3, 0.4) is 0 Å². The normalized spacial score (nSPS) is 18.1. The fourth-order valence-electron chi connectivity index (χ4n) is 3.51. The van der Waals surface area contributed by atoms with Gasteiger partial charge in [0.1, 0.15) is 17.7 Å². The van der Waals surface area contributed by atoms with Crippen molar-refractivity contribution in [2.75, 3.05) is 22.1 Å². The van der Waals surface area contributed by atoms with Crippen LogP contribution in [0.25, 0.3) is 0 Å². The van der Waals surface area contributed by atoms with Crippen LogP contribution in [-0.4, -0.2) is 46.6 Å². The van der Waals surface area contributed by atoms with Gasteiger partial charge in [0, 0.05) is 37.5 Å². The number of nitrogens with zero attached hydrogens (tertiary/aromatic N) is 4. The summed E-state index contributed by atoms with van der Waals surface area (Å²) in [5.74, 6) is -1.07. The van der Waals surface area contributed by atoms with E-state index in [2.05, 4.69) is 20.7 Å². The van der Waals surface area contributed by atoms with Crippen LogP contribution in [0.15, 0.2) is 41.6 Å². The smallest absolute Gasteiger partial charge is 0.322 e. The van der Waals surface area contributed by atoms with Gasteiger partial charge in [0.05, 0.1) is 10.7 Å². The van der Waals surface area contributed by atoms with E-state index in [1.54, 1.807) is 17.0 Å². The van der Waals surface area contributed by atoms with Gasteiger partial charge < -0.3 is 10.2 Å². The molecule has 9 nitrogen and oxygen atoms in total. The van der Waals surface area contributed by atoms with Crippen LogP contribution < -0.4 is 15.5 Å². The standard InChI is InChI=1S/C21H20ClFN6O3/c22-13-4-7-18(24-12-13)27-21(32)29-17(8-9-25-29)20(31)26-16-6-5-14(11-15(16)23)28-10-2-1-3-19(28)30/h4-7,9,11-12,17H,1-3,8,10H2,(H,26,31)(H,24,27,32). The Balaban J connectivity index is 1.42. The minimum atomic E-state index is -0.954. The van der Waals surface area contributed by atoms with Crippen LogP contribution in [0.1, 0.15) is 25.7 Å². The molecule has 166 valence electrons. The number of anilines is 3. The largest absolute Gasteiger partial charge is 0.344 e. The Kier molecular flexibility index (Phi) is 6.31. The van der Waals surface area contributed by atoms with Crippen LogP contribution in [0, 0.1) is 5.82 Å². The van der Waals surface area contributed by atoms with Gasteiger partial charge in [-0.05, 0) is 43.2 Å². The summed E-state index contributed by atoms with van der Waals surface area (Å²) in [6.07, 6.45) is 5.10. The molecule has 11 heteroatoms. The highest BCUT2D eigenvalue weighted by atomic mass is 35.5. The zero-order chi connectivity index (χ0) is 22.7. The quantitative estimate of drug-likeness (QED) is 0.729. The van der Waals surface area contributed by atoms with E-state index in [1.165, 1.54) is 30.6 Å². The first-order chi connectivity index (χ1) is 15.4. The minimum absolute atomic E-state index is 0.0464. The summed E-state index contributed by atoms with van der Waals surface area (Å²) in [4.78, 5) is 42.8. The number of amides is 4. The number of carbonyl (C=O) groups is 3. The average molecular weight is 459 g/mol. The fraction of sp³-hybridized carbons (Fsp3) is 0.286. The maximum absolute atomic E-state index is 14.7. The predicted molar refractivity (Wildman–Crippen MR) is 118 cm³/mol. The number of nitrogens with one attached hydrogen (secondary N) is 2. The van der Waals surface area contributed by atoms with Crippen LogP contribution in [0.4, 0.5) is 26.4 Å². The van der Waals surface area contributed by atoms with E-state index in [4.69, 9.17) is 11.6 Å². The number of carbonyl (C=O) groups excluding carboxylic acids is 3. The third-order valence-corrected chi connectivity index (χ3v) is 5.37. The molecule has 2 aliphatic rings. The summed E-state index contributed by atoms with van der Waals surface area (Å²) in [5, 5.41) is 10.4. The number of piperidine rings is 1. The molecule has 1 unspecified atom stereocenters. The number of rotatable bonds is 4. The summed E-state index contributed by atoms with van der Waals surface area (Å²) >= 11 is 5.78. The molecule has 2 N–H and O–H groups in total. The number of urea groups is 1. The van der Waals surface area contributed by atoms with Crippen molar-refractivity contribution in [3.8, 4) is 0 Å². The van der Waals surface area contributed by atoms with Crippen molar-refractivity contribution in [3.05, 3.63) is 47.4 Å². The van der Waals surface area contributed by atoms with Crippen LogP contribution in [0.2, 0.25) is 5.02 Å². The lowest BCUT2D eigenvalue weighted by Crippen LogP contribution is -2.43. The number of benzene rings is 1. The molecule has 2 aromatic rings. The number of hydrazone groups is 1. The van der Waals surface area contributed by atoms with Gasteiger partial charge in [-0.15, -0.1) is 0 Å². The lowest BCUT2D eigenvalue weighted by Gasteiger charge is -2.27. The number of halogens is 2. The zero-order valence-electron chi connectivity index (χ0n) is 16.9. The van der Waals surface area contributed by atoms with Gasteiger partial charge in [-0.25, -0.2) is 19.2 Å². The summed E-state index contributed by atoms with van der Waals surface area (Å²) in [5.41, 5.74) is 0.403. The maximum atomic E-state index is 14.7. The number of hydrogen-bond donors (Lipinski definition) is 2. The second-order valence-corrected chi connectivity index (χ2v) is 7.78. The number of hydrogen-bond acceptors (Lipinski definition) is 5. The van der Waals surface area contributed by atoms with Crippen molar-refractivity contribution < 1.29 is 18.8 Å². The van der Waals surface area contributed by atoms with Gasteiger partial charge >= 0.3 is 6.03 Å². The summed E-state index contributed by atoms with van der Waals surface area (Å²) in [6.45, 7) is 0.538. The van der Waals surface area contributed by atoms with Crippen molar-refractivity contribution in [2.45, 2.75) is 31.7 Å². The monoisotopic (exact) mass is 458 g/mol. The molecule has 4 amide bonds. The minimum Gasteiger partial charge on any atom is -0.322 e. The van der Waals surface area contributed by atoms with Crippen LogP contribution in [-0.2, 0) is 9.59 Å². The molecule has 0 bridgehead atoms. The first-order valence-electron chi connectivity index (χ1n) is 10.1. The Bertz CT molecular complexity index is 1080. The van der Waals surface area contributed by atoms with Gasteiger partial charge in [-0.2, -0.15) is 5.10 Å². The van der Waals surface area contributed by atoms with E-state index in [9.17, 15) is 18.8 Å². The van der Waals surface area contributed by atoms with E-state index in [-0.39, 0.29) is 23.8 Å². The van der Waals surface area contributed by atoms with Crippen molar-refractivity contribution >= 4 is 52.9 Å². The van der Waals surface area contributed by atoms with E-state index in [0.717, 1.165) is 17.9 Å². The van der Waals surface area contributed by atoms with E-state index in [1.807, 2.05) is 0 Å². The van der Waals surface area contributed by atoms with Crippen molar-refractivity contribution in [1.82, 2.24) is 9.99 Å². The predicted octanol–water partition coefficient (Wildman–Crippen LogP) is 3.62. The number of pyridine rings is 1. The van der Waals surface area contributed by atoms with Crippen molar-refractivity contribution in [3.63, 3.8) is 0 Å². The van der Waals surface area contributed by atoms with Crippen molar-refractivity contribution in [1.29, 1.82) is 0 Å². The van der Waals surface area contributed by atoms with E-state index < -0.39 is 23.8 Å². The van der Waals surface area contributed by atoms with Gasteiger partial charge in [0.15, 0.2) is 0 Å². The van der Waals surface area contributed by atoms with Gasteiger partial charge in [-0.3, -0.25) is 14.9 Å². The molecule has 3 heterocycles. The third-order valence-electron chi connectivity index (χ3n) is 5.15. The Morgan fingerprint density at radius 2 is 2.00 bits per heavy atom. The summed E-state index contributed by atoms with van der Waals surface area (Å²) < 4.78 is 14.7. The molecule has 0 spiro atoms. The fourth-order valence-corrected chi connectivity index (χ4v) is 3.62. The van der Waals surface area contributed by atoms with Crippen molar-refractivity contribution in [2.24, 2.45) is 5.10 Å². The molecule has 0 radical (unpaired) electrons. The topological polar surface area (TPSA) is 107 Å². The van der Waals surface area contributed by atoms with Crippen LogP contribution >= 0.6 is 11.6 Å². The lowest BCUT2D eigenvalue weighted by atomic mass is 10.1. The summed E-state index contributed by atoms with van der Waals surface area (Å²) in [6, 6.07) is 5.68. The van der Waals surface area contributed by atoms with Crippen LogP contribution in [0.5, 0.6) is 0 Å². The number of aromatic nitrogens is 1. The molecule has 2 aliphatic heterocycles. The highest BCUT2D eigenvalue weighted by Crippen LogP contribution is 2.26. The highest BCUT2D eigenvalue weighted by molar-refractivity contribution is 6.30. The molecule has 0 aliphatic carbocycles. The Morgan fingerprint density at radius 1 is 1.16 bits per heavy atom. The molecule has 0 saturated carbocycles. The SMILES string of the molecule is O=C(Nc1ccc(N2CCCCC2=O)cc1F)C1CC=NN1C(=O)Nc1ccc(Cl)cn1. The van der Waals surface area contributed by atoms with E-state index >= 15 is 0 Å². The molecule has 4 rings (SSSR count). The molecule has 1 aromatic carbocycles. The first kappa shape index (κ1) is 21.7. The molecular formula is C21H20ClFN6O3. The maximum Gasteiger partial charge on any atom is 0.344 e. The van der Waals surface area contributed by atoms with E-state index in [0.29, 0.717) is 23.7 Å². The summed E-state index contributed by atoms with van der Waals surface area (Å²) in [7, 11) is 0. The van der Waals surface area contributed by atoms with Gasteiger partial charge in [0.2, 0.25) is 11.8 Å². The molecule has 1 atom stereocenters. The Hall–Kier alpha value is -3.53. The second kappa shape index (κ2) is 9.31. The second-order valence-electron chi connectivity index (χ2n) is 7.34. The Morgan fingerprint density at radius 3 is 2.72 bits per heavy atom. The molecular weight excluding hydrogens is 439 g/mol. The first-order valence-corrected chi connectivity index (χ1v) is 10.4. The van der Waals surface area contributed by atoms with Gasteiger partial charge in [-0.1, -0.05) is 11.6 Å². The molecule has 32 heavy (non-hydrogen) atoms. The van der Waals surface area contributed by atoms with Gasteiger partial charge in [0.25, 0.3) is 0 Å².